The van der Waals surface area contributed by atoms with E-state index in [4.69, 9.17) is 10.5 Å². The molecule has 0 radical (unpaired) electrons. The lowest BCUT2D eigenvalue weighted by atomic mass is 9.85. The number of carbonyl (C=O) groups excluding carboxylic acids is 1. The standard InChI is InChI=1S/C24H31N3O4/c1-17(2)14-24(30,19-6-4-3-5-7-19)22(29)31-21-12-13-27(16-21)23(25)26-15-18-8-10-20(28)11-9-18/h3-11,17,21,28,30H,12-16H2,1-2H3,(H2,25,26). The molecule has 166 valence electrons. The van der Waals surface area contributed by atoms with Crippen molar-refractivity contribution in [3.63, 3.8) is 0 Å². The van der Waals surface area contributed by atoms with Crippen LogP contribution in [-0.4, -0.2) is 46.2 Å². The van der Waals surface area contributed by atoms with E-state index in [-0.39, 0.29) is 24.2 Å². The molecule has 2 atom stereocenters. The Balaban J connectivity index is 1.61. The minimum absolute atomic E-state index is 0.112. The van der Waals surface area contributed by atoms with Crippen LogP contribution in [0.25, 0.3) is 0 Å². The number of hydrogen-bond acceptors (Lipinski definition) is 5. The summed E-state index contributed by atoms with van der Waals surface area (Å²) < 4.78 is 5.72. The summed E-state index contributed by atoms with van der Waals surface area (Å²) >= 11 is 0. The van der Waals surface area contributed by atoms with Crippen LogP contribution in [0.2, 0.25) is 0 Å². The number of likely N-dealkylation sites (tertiary alicyclic amines) is 1. The van der Waals surface area contributed by atoms with Gasteiger partial charge in [0.15, 0.2) is 11.6 Å². The number of nitrogens with zero attached hydrogens (tertiary/aromatic N) is 2. The Morgan fingerprint density at radius 3 is 2.55 bits per heavy atom. The molecule has 0 bridgehead atoms. The third-order valence-corrected chi connectivity index (χ3v) is 5.40. The number of rotatable bonds is 7. The molecule has 7 heteroatoms. The highest BCUT2D eigenvalue weighted by Gasteiger charge is 2.42. The third kappa shape index (κ3) is 5.76. The maximum Gasteiger partial charge on any atom is 0.343 e. The molecule has 1 heterocycles. The lowest BCUT2D eigenvalue weighted by molar-refractivity contribution is -0.173. The van der Waals surface area contributed by atoms with Crippen molar-refractivity contribution in [1.82, 2.24) is 4.90 Å². The van der Waals surface area contributed by atoms with Gasteiger partial charge in [0.1, 0.15) is 11.9 Å². The average Bonchev–Trinajstić information content (AvgIpc) is 3.22. The summed E-state index contributed by atoms with van der Waals surface area (Å²) in [5.74, 6) is 0.0734. The molecule has 31 heavy (non-hydrogen) atoms. The Bertz CT molecular complexity index is 899. The van der Waals surface area contributed by atoms with Crippen molar-refractivity contribution in [2.45, 2.75) is 44.9 Å². The van der Waals surface area contributed by atoms with Gasteiger partial charge >= 0.3 is 5.97 Å². The van der Waals surface area contributed by atoms with E-state index in [1.807, 2.05) is 24.8 Å². The molecule has 1 fully saturated rings. The number of nitrogens with two attached hydrogens (primary N) is 1. The maximum atomic E-state index is 13.0. The number of hydrogen-bond donors (Lipinski definition) is 3. The van der Waals surface area contributed by atoms with Crippen LogP contribution >= 0.6 is 0 Å². The minimum Gasteiger partial charge on any atom is -0.508 e. The quantitative estimate of drug-likeness (QED) is 0.358. The number of esters is 1. The highest BCUT2D eigenvalue weighted by atomic mass is 16.6. The predicted octanol–water partition coefficient (Wildman–Crippen LogP) is 2.76. The Morgan fingerprint density at radius 2 is 1.90 bits per heavy atom. The molecule has 2 unspecified atom stereocenters. The van der Waals surface area contributed by atoms with Gasteiger partial charge in [0.05, 0.1) is 13.1 Å². The number of benzene rings is 2. The molecule has 0 aliphatic carbocycles. The summed E-state index contributed by atoms with van der Waals surface area (Å²) in [6.07, 6.45) is 0.535. The zero-order valence-corrected chi connectivity index (χ0v) is 18.1. The number of carbonyl (C=O) groups is 1. The van der Waals surface area contributed by atoms with Crippen LogP contribution in [0.15, 0.2) is 59.6 Å². The summed E-state index contributed by atoms with van der Waals surface area (Å²) in [7, 11) is 0. The number of aliphatic hydroxyl groups is 1. The number of aliphatic imine (C=N–C) groups is 1. The van der Waals surface area contributed by atoms with E-state index in [9.17, 15) is 15.0 Å². The normalized spacial score (nSPS) is 18.8. The SMILES string of the molecule is CC(C)CC(O)(C(=O)OC1CCN(C(N)=NCc2ccc(O)cc2)C1)c1ccccc1. The van der Waals surface area contributed by atoms with E-state index in [1.54, 1.807) is 48.5 Å². The first-order valence-electron chi connectivity index (χ1n) is 10.6. The van der Waals surface area contributed by atoms with Crippen LogP contribution in [0, 0.1) is 5.92 Å². The lowest BCUT2D eigenvalue weighted by Gasteiger charge is -2.29. The van der Waals surface area contributed by atoms with Gasteiger partial charge in [-0.2, -0.15) is 0 Å². The molecule has 0 spiro atoms. The highest BCUT2D eigenvalue weighted by Crippen LogP contribution is 2.31. The first kappa shape index (κ1) is 22.6. The zero-order chi connectivity index (χ0) is 22.4. The highest BCUT2D eigenvalue weighted by molar-refractivity contribution is 5.82. The van der Waals surface area contributed by atoms with Crippen LogP contribution in [0.1, 0.15) is 37.8 Å². The van der Waals surface area contributed by atoms with Crippen molar-refractivity contribution in [2.75, 3.05) is 13.1 Å². The van der Waals surface area contributed by atoms with Crippen LogP contribution in [0.3, 0.4) is 0 Å². The minimum atomic E-state index is -1.68. The van der Waals surface area contributed by atoms with Gasteiger partial charge in [-0.15, -0.1) is 0 Å². The zero-order valence-electron chi connectivity index (χ0n) is 18.1. The summed E-state index contributed by atoms with van der Waals surface area (Å²) in [6, 6.07) is 15.7. The molecular weight excluding hydrogens is 394 g/mol. The number of guanidine groups is 1. The second kappa shape index (κ2) is 9.83. The van der Waals surface area contributed by atoms with Crippen molar-refractivity contribution in [3.05, 3.63) is 65.7 Å². The van der Waals surface area contributed by atoms with Crippen LogP contribution in [-0.2, 0) is 21.7 Å². The number of aromatic hydroxyl groups is 1. The van der Waals surface area contributed by atoms with Gasteiger partial charge in [0, 0.05) is 13.0 Å². The molecule has 2 aromatic rings. The van der Waals surface area contributed by atoms with E-state index < -0.39 is 11.6 Å². The van der Waals surface area contributed by atoms with Gasteiger partial charge in [0.2, 0.25) is 0 Å². The van der Waals surface area contributed by atoms with E-state index in [0.717, 1.165) is 5.56 Å². The van der Waals surface area contributed by atoms with Crippen LogP contribution in [0.4, 0.5) is 0 Å². The number of phenols is 1. The van der Waals surface area contributed by atoms with Gasteiger partial charge < -0.3 is 25.6 Å². The Hall–Kier alpha value is -3.06. The molecular formula is C24H31N3O4. The van der Waals surface area contributed by atoms with Crippen molar-refractivity contribution < 1.29 is 19.7 Å². The number of ether oxygens (including phenoxy) is 1. The molecule has 0 aromatic heterocycles. The van der Waals surface area contributed by atoms with Crippen molar-refractivity contribution in [2.24, 2.45) is 16.6 Å². The summed E-state index contributed by atoms with van der Waals surface area (Å²) in [5.41, 5.74) is 5.93. The van der Waals surface area contributed by atoms with Crippen molar-refractivity contribution in [1.29, 1.82) is 0 Å². The van der Waals surface area contributed by atoms with Gasteiger partial charge in [-0.1, -0.05) is 56.3 Å². The average molecular weight is 426 g/mol. The molecule has 0 amide bonds. The summed E-state index contributed by atoms with van der Waals surface area (Å²) in [4.78, 5) is 19.3. The van der Waals surface area contributed by atoms with Crippen LogP contribution in [0.5, 0.6) is 5.75 Å². The van der Waals surface area contributed by atoms with Crippen LogP contribution < -0.4 is 5.73 Å². The molecule has 2 aromatic carbocycles. The van der Waals surface area contributed by atoms with Crippen molar-refractivity contribution in [3.8, 4) is 5.75 Å². The van der Waals surface area contributed by atoms with Gasteiger partial charge in [0.25, 0.3) is 0 Å². The lowest BCUT2D eigenvalue weighted by Crippen LogP contribution is -2.42. The Morgan fingerprint density at radius 1 is 1.23 bits per heavy atom. The first-order valence-corrected chi connectivity index (χ1v) is 10.6. The Labute approximate surface area is 183 Å². The predicted molar refractivity (Wildman–Crippen MR) is 119 cm³/mol. The van der Waals surface area contributed by atoms with Gasteiger partial charge in [-0.25, -0.2) is 9.79 Å². The molecule has 1 aliphatic rings. The topological polar surface area (TPSA) is 108 Å². The second-order valence-electron chi connectivity index (χ2n) is 8.43. The summed E-state index contributed by atoms with van der Waals surface area (Å²) in [6.45, 7) is 5.38. The van der Waals surface area contributed by atoms with E-state index in [1.165, 1.54) is 0 Å². The number of phenolic OH excluding ortho intramolecular Hbond substituents is 1. The molecule has 7 nitrogen and oxygen atoms in total. The molecule has 1 aliphatic heterocycles. The fourth-order valence-corrected chi connectivity index (χ4v) is 3.78. The van der Waals surface area contributed by atoms with Gasteiger partial charge in [-0.05, 0) is 35.6 Å². The summed E-state index contributed by atoms with van der Waals surface area (Å²) in [5, 5.41) is 20.6. The fourth-order valence-electron chi connectivity index (χ4n) is 3.78. The smallest absolute Gasteiger partial charge is 0.343 e. The van der Waals surface area contributed by atoms with Crippen molar-refractivity contribution >= 4 is 11.9 Å². The second-order valence-corrected chi connectivity index (χ2v) is 8.43. The largest absolute Gasteiger partial charge is 0.508 e. The third-order valence-electron chi connectivity index (χ3n) is 5.40. The Kier molecular flexibility index (Phi) is 7.17. The monoisotopic (exact) mass is 425 g/mol. The molecule has 4 N–H and O–H groups in total. The molecule has 3 rings (SSSR count). The van der Waals surface area contributed by atoms with E-state index in [0.29, 0.717) is 37.6 Å². The van der Waals surface area contributed by atoms with E-state index >= 15 is 0 Å². The maximum absolute atomic E-state index is 13.0. The molecule has 0 saturated carbocycles. The van der Waals surface area contributed by atoms with E-state index in [2.05, 4.69) is 4.99 Å². The first-order chi connectivity index (χ1) is 14.8. The molecule has 1 saturated heterocycles. The van der Waals surface area contributed by atoms with Gasteiger partial charge in [-0.3, -0.25) is 0 Å². The fraction of sp³-hybridized carbons (Fsp3) is 0.417.